The number of aliphatic hydroxyl groups excluding tert-OH is 3. The van der Waals surface area contributed by atoms with E-state index < -0.39 is 23.8 Å². The molecule has 4 aliphatic rings. The van der Waals surface area contributed by atoms with E-state index in [2.05, 4.69) is 88.4 Å². The van der Waals surface area contributed by atoms with Crippen LogP contribution in [-0.2, 0) is 18.9 Å². The normalized spacial score (nSPS) is 27.8. The molecule has 2 heterocycles. The fourth-order valence-corrected chi connectivity index (χ4v) is 8.88. The van der Waals surface area contributed by atoms with Crippen molar-refractivity contribution < 1.29 is 43.7 Å². The SMILES string of the molecule is CCCC/C=C\C[C@@H]1[C@@H](/C=C/C2(COc3cccc(Cl)c3)OCCO2)[C@H](O)C[C@@H]1C.CCCC/C=C\C[C@@H]1[C@@H](/C=C/C2(COc3cccc(Cl)c3)OCCO2)[C@H](O)C[C@@H]1O.II. The molecule has 2 aliphatic heterocycles. The lowest BCUT2D eigenvalue weighted by Crippen LogP contribution is -2.35. The van der Waals surface area contributed by atoms with Crippen LogP contribution in [-0.4, -0.2) is 84.8 Å². The average molecular weight is 1130 g/mol. The van der Waals surface area contributed by atoms with Crippen molar-refractivity contribution in [2.45, 2.75) is 115 Å². The highest BCUT2D eigenvalue weighted by Gasteiger charge is 2.42. The number of unbranched alkanes of at least 4 members (excludes halogenated alkanes) is 4. The van der Waals surface area contributed by atoms with Gasteiger partial charge in [0.2, 0.25) is 11.6 Å². The maximum absolute atomic E-state index is 10.7. The summed E-state index contributed by atoms with van der Waals surface area (Å²) >= 11 is 16.3. The van der Waals surface area contributed by atoms with Crippen molar-refractivity contribution in [3.63, 3.8) is 0 Å². The van der Waals surface area contributed by atoms with E-state index in [1.54, 1.807) is 18.2 Å². The van der Waals surface area contributed by atoms with Gasteiger partial charge >= 0.3 is 0 Å². The van der Waals surface area contributed by atoms with E-state index in [9.17, 15) is 15.3 Å². The Hall–Kier alpha value is -1.24. The van der Waals surface area contributed by atoms with Crippen molar-refractivity contribution in [1.82, 2.24) is 0 Å². The van der Waals surface area contributed by atoms with Crippen molar-refractivity contribution in [2.24, 2.45) is 29.6 Å². The van der Waals surface area contributed by atoms with Crippen molar-refractivity contribution in [3.05, 3.63) is 107 Å². The summed E-state index contributed by atoms with van der Waals surface area (Å²) in [5.74, 6) is 0.197. The molecule has 13 heteroatoms. The van der Waals surface area contributed by atoms with Crippen molar-refractivity contribution in [2.75, 3.05) is 39.6 Å². The fourth-order valence-electron chi connectivity index (χ4n) is 8.52. The number of aliphatic hydroxyl groups is 3. The van der Waals surface area contributed by atoms with Crippen LogP contribution in [0.25, 0.3) is 0 Å². The van der Waals surface area contributed by atoms with Crippen LogP contribution in [0, 0.1) is 29.6 Å². The predicted molar refractivity (Wildman–Crippen MR) is 266 cm³/mol. The van der Waals surface area contributed by atoms with E-state index in [0.29, 0.717) is 66.2 Å². The number of benzene rings is 2. The molecule has 0 radical (unpaired) electrons. The Balaban J connectivity index is 0.000000262. The van der Waals surface area contributed by atoms with Crippen LogP contribution in [0.3, 0.4) is 0 Å². The summed E-state index contributed by atoms with van der Waals surface area (Å²) in [7, 11) is 0. The third-order valence-corrected chi connectivity index (χ3v) is 12.4. The molecule has 0 spiro atoms. The molecule has 346 valence electrons. The largest absolute Gasteiger partial charge is 0.488 e. The number of hydrogen-bond donors (Lipinski definition) is 3. The molecule has 2 aromatic rings. The number of allylic oxidation sites excluding steroid dienone is 4. The smallest absolute Gasteiger partial charge is 0.223 e. The summed E-state index contributed by atoms with van der Waals surface area (Å²) in [6, 6.07) is 14.5. The average Bonchev–Trinajstić information content (AvgIpc) is 4.05. The summed E-state index contributed by atoms with van der Waals surface area (Å²) in [5.41, 5.74) is 0. The zero-order valence-corrected chi connectivity index (χ0v) is 42.3. The molecule has 0 amide bonds. The van der Waals surface area contributed by atoms with E-state index in [4.69, 9.17) is 51.6 Å². The second-order valence-corrected chi connectivity index (χ2v) is 17.4. The molecule has 6 rings (SSSR count). The number of hydrogen-bond acceptors (Lipinski definition) is 9. The molecule has 0 bridgehead atoms. The van der Waals surface area contributed by atoms with Gasteiger partial charge in [-0.25, -0.2) is 0 Å². The van der Waals surface area contributed by atoms with Crippen molar-refractivity contribution in [3.8, 4) is 11.5 Å². The Labute approximate surface area is 403 Å². The monoisotopic (exact) mass is 1120 g/mol. The predicted octanol–water partition coefficient (Wildman–Crippen LogP) is 12.1. The summed E-state index contributed by atoms with van der Waals surface area (Å²) in [5, 5.41) is 32.8. The first-order valence-corrected chi connectivity index (χ1v) is 29.3. The molecule has 0 unspecified atom stereocenters. The minimum absolute atomic E-state index is 0.0265. The van der Waals surface area contributed by atoms with Gasteiger partial charge in [0.1, 0.15) is 24.7 Å². The van der Waals surface area contributed by atoms with Crippen LogP contribution in [0.2, 0.25) is 10.0 Å². The molecule has 8 atom stereocenters. The molecule has 0 aromatic heterocycles. The van der Waals surface area contributed by atoms with Crippen LogP contribution >= 0.6 is 60.4 Å². The Kier molecular flexibility index (Phi) is 24.7. The molecule has 3 N–H and O–H groups in total. The highest BCUT2D eigenvalue weighted by atomic mass is 128. The molecule has 4 fully saturated rings. The first kappa shape index (κ1) is 53.4. The third kappa shape index (κ3) is 17.2. The van der Waals surface area contributed by atoms with Gasteiger partial charge in [-0.1, -0.05) is 118 Å². The van der Waals surface area contributed by atoms with Crippen LogP contribution in [0.5, 0.6) is 11.5 Å². The number of rotatable bonds is 20. The van der Waals surface area contributed by atoms with E-state index in [1.165, 1.54) is 25.7 Å². The first-order chi connectivity index (χ1) is 30.1. The van der Waals surface area contributed by atoms with Gasteiger partial charge in [0.15, 0.2) is 0 Å². The summed E-state index contributed by atoms with van der Waals surface area (Å²) in [4.78, 5) is 0. The molecular weight excluding hydrogens is 1060 g/mol. The topological polar surface area (TPSA) is 116 Å². The molecular formula is C49H68Cl2I2O9. The first-order valence-electron chi connectivity index (χ1n) is 22.3. The highest BCUT2D eigenvalue weighted by Crippen LogP contribution is 2.41. The van der Waals surface area contributed by atoms with Gasteiger partial charge < -0.3 is 43.7 Å². The van der Waals surface area contributed by atoms with Crippen LogP contribution in [0.1, 0.15) is 85.0 Å². The minimum Gasteiger partial charge on any atom is -0.488 e. The summed E-state index contributed by atoms with van der Waals surface area (Å²) < 4.78 is 35.3. The van der Waals surface area contributed by atoms with E-state index >= 15 is 0 Å². The lowest BCUT2D eigenvalue weighted by molar-refractivity contribution is -0.139. The van der Waals surface area contributed by atoms with Crippen LogP contribution < -0.4 is 9.47 Å². The number of halogens is 4. The second-order valence-electron chi connectivity index (χ2n) is 16.6. The summed E-state index contributed by atoms with van der Waals surface area (Å²) in [6.07, 6.45) is 25.1. The lowest BCUT2D eigenvalue weighted by Gasteiger charge is -2.26. The van der Waals surface area contributed by atoms with E-state index in [-0.39, 0.29) is 37.1 Å². The molecule has 2 aromatic carbocycles. The maximum Gasteiger partial charge on any atom is 0.223 e. The molecule has 62 heavy (non-hydrogen) atoms. The quantitative estimate of drug-likeness (QED) is 0.0677. The second kappa shape index (κ2) is 28.7. The Morgan fingerprint density at radius 1 is 0.645 bits per heavy atom. The highest BCUT2D eigenvalue weighted by molar-refractivity contribution is 15.0. The molecule has 9 nitrogen and oxygen atoms in total. The molecule has 2 aliphatic carbocycles. The van der Waals surface area contributed by atoms with Crippen molar-refractivity contribution >= 4 is 60.4 Å². The summed E-state index contributed by atoms with van der Waals surface area (Å²) in [6.45, 7) is 9.04. The van der Waals surface area contributed by atoms with Crippen LogP contribution in [0.4, 0.5) is 0 Å². The van der Waals surface area contributed by atoms with Gasteiger partial charge in [0.05, 0.1) is 44.7 Å². The van der Waals surface area contributed by atoms with E-state index in [1.807, 2.05) is 48.6 Å². The molecule has 2 saturated heterocycles. The van der Waals surface area contributed by atoms with Gasteiger partial charge in [0.25, 0.3) is 0 Å². The minimum atomic E-state index is -1.00. The third-order valence-electron chi connectivity index (χ3n) is 12.0. The van der Waals surface area contributed by atoms with Crippen LogP contribution in [0.15, 0.2) is 97.1 Å². The van der Waals surface area contributed by atoms with Gasteiger partial charge in [-0.2, -0.15) is 0 Å². The standard InChI is InChI=1S/C25H35ClO4.C24H33ClO5.I2/c1-3-4-5-6-7-11-22-19(2)16-24(27)23(22)12-13-25(29-14-15-30-25)18-28-21-10-8-9-20(26)17-21;1-2-3-4-5-6-10-20-21(23(27)16-22(20)26)11-12-24(29-13-14-30-24)17-28-19-9-7-8-18(25)15-19;1-2/h6-10,12-13,17,19,22-24,27H,3-5,11,14-16,18H2,1-2H3;5-9,11-12,15,20-23,26-27H,2-4,10,13-14,16-17H2,1H3;/b7-6-,13-12+;6-5-,12-11+;/t19-,22-,23+,24+;20-,21-,22+,23-;/m01./s1. The zero-order chi connectivity index (χ0) is 44.8. The van der Waals surface area contributed by atoms with Gasteiger partial charge in [-0.05, 0) is 98.4 Å². The maximum atomic E-state index is 10.7. The van der Waals surface area contributed by atoms with Gasteiger partial charge in [0, 0.05) is 65.5 Å². The lowest BCUT2D eigenvalue weighted by atomic mass is 9.86. The van der Waals surface area contributed by atoms with E-state index in [0.717, 1.165) is 32.1 Å². The Morgan fingerprint density at radius 2 is 1.08 bits per heavy atom. The Bertz CT molecular complexity index is 1560. The van der Waals surface area contributed by atoms with Crippen molar-refractivity contribution in [1.29, 1.82) is 0 Å². The van der Waals surface area contributed by atoms with Gasteiger partial charge in [-0.3, -0.25) is 0 Å². The Morgan fingerprint density at radius 3 is 1.53 bits per heavy atom. The zero-order valence-electron chi connectivity index (χ0n) is 36.5. The fraction of sp³-hybridized carbons (Fsp3) is 0.592. The number of ether oxygens (including phenoxy) is 6. The van der Waals surface area contributed by atoms with Gasteiger partial charge in [-0.15, -0.1) is 0 Å². The molecule has 2 saturated carbocycles.